The Bertz CT molecular complexity index is 736. The van der Waals surface area contributed by atoms with Crippen molar-refractivity contribution in [3.8, 4) is 0 Å². The number of para-hydroxylation sites is 2. The van der Waals surface area contributed by atoms with Crippen molar-refractivity contribution >= 4 is 17.6 Å². The maximum atomic E-state index is 4.72. The van der Waals surface area contributed by atoms with E-state index in [0.29, 0.717) is 5.92 Å². The monoisotopic (exact) mass is 314 g/mol. The molecule has 0 saturated carbocycles. The van der Waals surface area contributed by atoms with Crippen LogP contribution in [-0.2, 0) is 0 Å². The Labute approximate surface area is 144 Å². The summed E-state index contributed by atoms with van der Waals surface area (Å²) >= 11 is 0. The van der Waals surface area contributed by atoms with E-state index < -0.39 is 0 Å². The molecule has 0 radical (unpaired) electrons. The summed E-state index contributed by atoms with van der Waals surface area (Å²) in [6.07, 6.45) is 1.91. The first-order valence-electron chi connectivity index (χ1n) is 8.28. The maximum Gasteiger partial charge on any atom is 0.0652 e. The summed E-state index contributed by atoms with van der Waals surface area (Å²) in [5.41, 5.74) is 4.52. The van der Waals surface area contributed by atoms with Gasteiger partial charge >= 0.3 is 0 Å². The second-order valence-corrected chi connectivity index (χ2v) is 6.05. The van der Waals surface area contributed by atoms with E-state index in [-0.39, 0.29) is 0 Å². The van der Waals surface area contributed by atoms with Gasteiger partial charge in [-0.2, -0.15) is 5.10 Å². The van der Waals surface area contributed by atoms with Gasteiger partial charge in [0.25, 0.3) is 0 Å². The molecule has 0 heterocycles. The predicted octanol–water partition coefficient (Wildman–Crippen LogP) is 5.98. The molecule has 2 nitrogen and oxygen atoms in total. The first kappa shape index (κ1) is 16.0. The molecule has 120 valence electrons. The fourth-order valence-corrected chi connectivity index (χ4v) is 2.51. The lowest BCUT2D eigenvalue weighted by Gasteiger charge is -2.19. The van der Waals surface area contributed by atoms with Crippen molar-refractivity contribution in [3.05, 3.63) is 96.1 Å². The third-order valence-corrected chi connectivity index (χ3v) is 3.93. The highest BCUT2D eigenvalue weighted by molar-refractivity contribution is 5.81. The molecule has 0 N–H and O–H groups in total. The van der Waals surface area contributed by atoms with Crippen LogP contribution in [-0.4, -0.2) is 6.21 Å². The fraction of sp³-hybridized carbons (Fsp3) is 0.136. The highest BCUT2D eigenvalue weighted by atomic mass is 15.5. The third kappa shape index (κ3) is 3.90. The number of rotatable bonds is 5. The number of anilines is 2. The normalized spacial score (nSPS) is 11.1. The minimum Gasteiger partial charge on any atom is -0.234 e. The molecule has 0 aliphatic heterocycles. The van der Waals surface area contributed by atoms with E-state index in [1.807, 2.05) is 47.6 Å². The van der Waals surface area contributed by atoms with Crippen molar-refractivity contribution in [2.75, 3.05) is 5.01 Å². The van der Waals surface area contributed by atoms with E-state index >= 15 is 0 Å². The zero-order chi connectivity index (χ0) is 16.8. The van der Waals surface area contributed by atoms with E-state index in [1.165, 1.54) is 5.56 Å². The van der Waals surface area contributed by atoms with E-state index in [2.05, 4.69) is 62.4 Å². The topological polar surface area (TPSA) is 15.6 Å². The summed E-state index contributed by atoms with van der Waals surface area (Å²) in [6.45, 7) is 4.41. The minimum absolute atomic E-state index is 0.543. The molecule has 3 aromatic carbocycles. The maximum absolute atomic E-state index is 4.72. The first-order chi connectivity index (χ1) is 11.7. The molecule has 0 aromatic heterocycles. The van der Waals surface area contributed by atoms with Gasteiger partial charge in [-0.1, -0.05) is 74.5 Å². The van der Waals surface area contributed by atoms with Crippen LogP contribution in [0.25, 0.3) is 0 Å². The lowest BCUT2D eigenvalue weighted by Crippen LogP contribution is -2.09. The van der Waals surface area contributed by atoms with Crippen LogP contribution in [0.3, 0.4) is 0 Å². The van der Waals surface area contributed by atoms with Gasteiger partial charge in [0.15, 0.2) is 0 Å². The summed E-state index contributed by atoms with van der Waals surface area (Å²) < 4.78 is 0. The van der Waals surface area contributed by atoms with Gasteiger partial charge in [-0.3, -0.25) is 0 Å². The van der Waals surface area contributed by atoms with Crippen molar-refractivity contribution in [2.24, 2.45) is 5.10 Å². The van der Waals surface area contributed by atoms with Gasteiger partial charge in [0, 0.05) is 0 Å². The number of hydrazone groups is 1. The lowest BCUT2D eigenvalue weighted by molar-refractivity contribution is 0.866. The Kier molecular flexibility index (Phi) is 5.07. The average Bonchev–Trinajstić information content (AvgIpc) is 2.64. The average molecular weight is 314 g/mol. The zero-order valence-corrected chi connectivity index (χ0v) is 14.1. The van der Waals surface area contributed by atoms with Gasteiger partial charge in [-0.05, 0) is 41.3 Å². The van der Waals surface area contributed by atoms with E-state index in [0.717, 1.165) is 16.9 Å². The van der Waals surface area contributed by atoms with Crippen LogP contribution >= 0.6 is 0 Å². The smallest absolute Gasteiger partial charge is 0.0652 e. The van der Waals surface area contributed by atoms with Crippen LogP contribution in [0.2, 0.25) is 0 Å². The molecule has 0 aliphatic carbocycles. The highest BCUT2D eigenvalue weighted by Gasteiger charge is 2.06. The first-order valence-corrected chi connectivity index (χ1v) is 8.28. The summed E-state index contributed by atoms with van der Waals surface area (Å²) in [4.78, 5) is 0. The molecule has 0 atom stereocenters. The Morgan fingerprint density at radius 2 is 1.21 bits per heavy atom. The van der Waals surface area contributed by atoms with Crippen molar-refractivity contribution in [1.29, 1.82) is 0 Å². The van der Waals surface area contributed by atoms with Crippen LogP contribution in [0.1, 0.15) is 30.9 Å². The Hall–Kier alpha value is -2.87. The molecule has 0 spiro atoms. The fourth-order valence-electron chi connectivity index (χ4n) is 2.51. The minimum atomic E-state index is 0.543. The summed E-state index contributed by atoms with van der Waals surface area (Å²) in [7, 11) is 0. The number of benzene rings is 3. The van der Waals surface area contributed by atoms with Crippen molar-refractivity contribution in [2.45, 2.75) is 19.8 Å². The molecule has 3 rings (SSSR count). The van der Waals surface area contributed by atoms with E-state index in [1.54, 1.807) is 0 Å². The Morgan fingerprint density at radius 3 is 1.67 bits per heavy atom. The van der Waals surface area contributed by atoms with Gasteiger partial charge in [0.2, 0.25) is 0 Å². The highest BCUT2D eigenvalue weighted by Crippen LogP contribution is 2.25. The second-order valence-electron chi connectivity index (χ2n) is 6.05. The molecule has 0 fully saturated rings. The van der Waals surface area contributed by atoms with Crippen LogP contribution in [0.4, 0.5) is 11.4 Å². The van der Waals surface area contributed by atoms with Crippen LogP contribution < -0.4 is 5.01 Å². The zero-order valence-electron chi connectivity index (χ0n) is 14.1. The number of nitrogens with zero attached hydrogens (tertiary/aromatic N) is 2. The standard InChI is InChI=1S/C22H22N2/c1-18(2)20-15-13-19(14-16-20)17-23-24(21-9-5-3-6-10-21)22-11-7-4-8-12-22/h3-18H,1-2H3/b23-17-. The Balaban J connectivity index is 1.89. The van der Waals surface area contributed by atoms with Gasteiger partial charge in [-0.25, -0.2) is 5.01 Å². The summed E-state index contributed by atoms with van der Waals surface area (Å²) in [6, 6.07) is 29.0. The number of hydrogen-bond donors (Lipinski definition) is 0. The number of hydrogen-bond acceptors (Lipinski definition) is 2. The van der Waals surface area contributed by atoms with Crippen LogP contribution in [0, 0.1) is 0 Å². The van der Waals surface area contributed by atoms with Crippen molar-refractivity contribution in [1.82, 2.24) is 0 Å². The van der Waals surface area contributed by atoms with E-state index in [9.17, 15) is 0 Å². The van der Waals surface area contributed by atoms with Crippen molar-refractivity contribution in [3.63, 3.8) is 0 Å². The SMILES string of the molecule is CC(C)c1ccc(/C=N\N(c2ccccc2)c2ccccc2)cc1. The molecular formula is C22H22N2. The predicted molar refractivity (Wildman–Crippen MR) is 103 cm³/mol. The molecule has 3 aromatic rings. The molecule has 24 heavy (non-hydrogen) atoms. The van der Waals surface area contributed by atoms with Crippen LogP contribution in [0.5, 0.6) is 0 Å². The van der Waals surface area contributed by atoms with Gasteiger partial charge in [-0.15, -0.1) is 0 Å². The summed E-state index contributed by atoms with van der Waals surface area (Å²) in [5, 5.41) is 6.67. The molecule has 0 unspecified atom stereocenters. The third-order valence-electron chi connectivity index (χ3n) is 3.93. The molecular weight excluding hydrogens is 292 g/mol. The molecule has 0 saturated heterocycles. The summed E-state index contributed by atoms with van der Waals surface area (Å²) in [5.74, 6) is 0.543. The second kappa shape index (κ2) is 7.60. The van der Waals surface area contributed by atoms with Crippen molar-refractivity contribution < 1.29 is 0 Å². The van der Waals surface area contributed by atoms with Gasteiger partial charge < -0.3 is 0 Å². The molecule has 0 aliphatic rings. The van der Waals surface area contributed by atoms with Crippen LogP contribution in [0.15, 0.2) is 90.0 Å². The Morgan fingerprint density at radius 1 is 0.708 bits per heavy atom. The molecule has 0 amide bonds. The quantitative estimate of drug-likeness (QED) is 0.417. The lowest BCUT2D eigenvalue weighted by atomic mass is 10.0. The molecule has 0 bridgehead atoms. The largest absolute Gasteiger partial charge is 0.234 e. The van der Waals surface area contributed by atoms with Gasteiger partial charge in [0.1, 0.15) is 0 Å². The molecule has 2 heteroatoms. The van der Waals surface area contributed by atoms with E-state index in [4.69, 9.17) is 5.10 Å². The van der Waals surface area contributed by atoms with Gasteiger partial charge in [0.05, 0.1) is 17.6 Å².